The summed E-state index contributed by atoms with van der Waals surface area (Å²) in [5.41, 5.74) is 0.753. The lowest BCUT2D eigenvalue weighted by Gasteiger charge is -2.02. The molecule has 25 heavy (non-hydrogen) atoms. The van der Waals surface area contributed by atoms with Gasteiger partial charge in [-0.25, -0.2) is 13.1 Å². The Hall–Kier alpha value is -1.94. The van der Waals surface area contributed by atoms with E-state index < -0.39 is 10.0 Å². The van der Waals surface area contributed by atoms with Crippen LogP contribution in [0.1, 0.15) is 5.89 Å². The van der Waals surface area contributed by atoms with Gasteiger partial charge < -0.3 is 9.26 Å². The number of nitrogens with one attached hydrogen (secondary N) is 1. The highest BCUT2D eigenvalue weighted by atomic mass is 35.5. The molecule has 0 aliphatic carbocycles. The lowest BCUT2D eigenvalue weighted by molar-refractivity contribution is 0.379. The summed E-state index contributed by atoms with van der Waals surface area (Å²) < 4.78 is 37.6. The van der Waals surface area contributed by atoms with Crippen molar-refractivity contribution in [1.29, 1.82) is 0 Å². The molecule has 3 rings (SSSR count). The third kappa shape index (κ3) is 4.37. The van der Waals surface area contributed by atoms with E-state index in [9.17, 15) is 8.42 Å². The minimum atomic E-state index is -3.59. The van der Waals surface area contributed by atoms with Crippen LogP contribution in [0.25, 0.3) is 11.4 Å². The SMILES string of the molecule is COc1cccc(-c2noc(CCNS(=O)(=O)c3ccc(Cl)s3)n2)c1. The summed E-state index contributed by atoms with van der Waals surface area (Å²) in [6.45, 7) is 0.137. The molecule has 0 unspecified atom stereocenters. The standard InChI is InChI=1S/C15H14ClN3O4S2/c1-22-11-4-2-3-10(9-11)15-18-13(23-19-15)7-8-17-25(20,21)14-6-5-12(16)24-14/h2-6,9,17H,7-8H2,1H3. The molecular weight excluding hydrogens is 386 g/mol. The van der Waals surface area contributed by atoms with Crippen molar-refractivity contribution in [2.75, 3.05) is 13.7 Å². The number of halogens is 1. The first-order valence-electron chi connectivity index (χ1n) is 7.20. The number of ether oxygens (including phenoxy) is 1. The monoisotopic (exact) mass is 399 g/mol. The minimum Gasteiger partial charge on any atom is -0.497 e. The van der Waals surface area contributed by atoms with Gasteiger partial charge in [-0.15, -0.1) is 11.3 Å². The number of hydrogen-bond acceptors (Lipinski definition) is 7. The number of methoxy groups -OCH3 is 1. The smallest absolute Gasteiger partial charge is 0.250 e. The van der Waals surface area contributed by atoms with Crippen LogP contribution < -0.4 is 9.46 Å². The number of thiophene rings is 1. The number of hydrogen-bond donors (Lipinski definition) is 1. The highest BCUT2D eigenvalue weighted by molar-refractivity contribution is 7.91. The molecule has 10 heteroatoms. The molecule has 0 aliphatic heterocycles. The average molecular weight is 400 g/mol. The Kier molecular flexibility index (Phi) is 5.38. The Bertz CT molecular complexity index is 969. The van der Waals surface area contributed by atoms with Crippen LogP contribution in [0.4, 0.5) is 0 Å². The van der Waals surface area contributed by atoms with E-state index >= 15 is 0 Å². The Morgan fingerprint density at radius 3 is 2.88 bits per heavy atom. The molecule has 0 bridgehead atoms. The minimum absolute atomic E-state index is 0.137. The van der Waals surface area contributed by atoms with Crippen molar-refractivity contribution in [3.8, 4) is 17.1 Å². The van der Waals surface area contributed by atoms with Gasteiger partial charge in [0.2, 0.25) is 21.7 Å². The van der Waals surface area contributed by atoms with Crippen molar-refractivity contribution in [3.05, 3.63) is 46.6 Å². The van der Waals surface area contributed by atoms with Crippen LogP contribution in [0.15, 0.2) is 45.1 Å². The molecule has 1 N–H and O–H groups in total. The Morgan fingerprint density at radius 2 is 2.16 bits per heavy atom. The van der Waals surface area contributed by atoms with Gasteiger partial charge in [0.25, 0.3) is 0 Å². The fraction of sp³-hybridized carbons (Fsp3) is 0.200. The van der Waals surface area contributed by atoms with Crippen LogP contribution in [0.5, 0.6) is 5.75 Å². The maximum absolute atomic E-state index is 12.1. The molecular formula is C15H14ClN3O4S2. The molecule has 132 valence electrons. The molecule has 0 spiro atoms. The molecule has 0 fully saturated rings. The molecule has 0 aliphatic rings. The quantitative estimate of drug-likeness (QED) is 0.656. The fourth-order valence-electron chi connectivity index (χ4n) is 2.04. The van der Waals surface area contributed by atoms with Gasteiger partial charge in [0.1, 0.15) is 9.96 Å². The molecule has 0 atom stereocenters. The lowest BCUT2D eigenvalue weighted by atomic mass is 10.2. The second-order valence-corrected chi connectivity index (χ2v) is 8.66. The van der Waals surface area contributed by atoms with Crippen LogP contribution in [0, 0.1) is 0 Å². The summed E-state index contributed by atoms with van der Waals surface area (Å²) in [4.78, 5) is 4.27. The second kappa shape index (κ2) is 7.52. The third-order valence-electron chi connectivity index (χ3n) is 3.24. The topological polar surface area (TPSA) is 94.3 Å². The number of sulfonamides is 1. The molecule has 0 saturated heterocycles. The number of benzene rings is 1. The summed E-state index contributed by atoms with van der Waals surface area (Å²) in [6.07, 6.45) is 0.273. The fourth-order valence-corrected chi connectivity index (χ4v) is 4.60. The van der Waals surface area contributed by atoms with Gasteiger partial charge in [0.15, 0.2) is 0 Å². The predicted octanol–water partition coefficient (Wildman–Crippen LogP) is 2.98. The van der Waals surface area contributed by atoms with Crippen LogP contribution in [0.3, 0.4) is 0 Å². The van der Waals surface area contributed by atoms with E-state index in [0.29, 0.717) is 21.8 Å². The van der Waals surface area contributed by atoms with Crippen LogP contribution in [0.2, 0.25) is 4.34 Å². The first-order valence-corrected chi connectivity index (χ1v) is 9.88. The number of rotatable bonds is 7. The van der Waals surface area contributed by atoms with Gasteiger partial charge in [0.05, 0.1) is 11.4 Å². The Labute approximate surface area is 153 Å². The van der Waals surface area contributed by atoms with Crippen molar-refractivity contribution in [1.82, 2.24) is 14.9 Å². The predicted molar refractivity (Wildman–Crippen MR) is 94.5 cm³/mol. The largest absolute Gasteiger partial charge is 0.497 e. The van der Waals surface area contributed by atoms with E-state index in [1.54, 1.807) is 19.2 Å². The zero-order chi connectivity index (χ0) is 17.9. The zero-order valence-electron chi connectivity index (χ0n) is 13.1. The van der Waals surface area contributed by atoms with Crippen molar-refractivity contribution >= 4 is 33.0 Å². The zero-order valence-corrected chi connectivity index (χ0v) is 15.5. The van der Waals surface area contributed by atoms with E-state index in [4.69, 9.17) is 20.9 Å². The van der Waals surface area contributed by atoms with Crippen molar-refractivity contribution < 1.29 is 17.7 Å². The molecule has 0 amide bonds. The first-order chi connectivity index (χ1) is 12.0. The van der Waals surface area contributed by atoms with Gasteiger partial charge in [-0.2, -0.15) is 4.98 Å². The normalized spacial score (nSPS) is 11.6. The summed E-state index contributed by atoms with van der Waals surface area (Å²) in [5.74, 6) is 1.44. The summed E-state index contributed by atoms with van der Waals surface area (Å²) in [5, 5.41) is 3.90. The summed E-state index contributed by atoms with van der Waals surface area (Å²) >= 11 is 6.76. The molecule has 2 heterocycles. The Morgan fingerprint density at radius 1 is 1.32 bits per heavy atom. The van der Waals surface area contributed by atoms with E-state index in [1.165, 1.54) is 6.07 Å². The lowest BCUT2D eigenvalue weighted by Crippen LogP contribution is -2.25. The average Bonchev–Trinajstić information content (AvgIpc) is 3.24. The van der Waals surface area contributed by atoms with Crippen molar-refractivity contribution in [2.45, 2.75) is 10.6 Å². The molecule has 0 radical (unpaired) electrons. The Balaban J connectivity index is 1.62. The van der Waals surface area contributed by atoms with E-state index in [1.807, 2.05) is 18.2 Å². The van der Waals surface area contributed by atoms with E-state index in [-0.39, 0.29) is 17.2 Å². The number of nitrogens with zero attached hydrogens (tertiary/aromatic N) is 2. The van der Waals surface area contributed by atoms with E-state index in [2.05, 4.69) is 14.9 Å². The van der Waals surface area contributed by atoms with Gasteiger partial charge in [-0.1, -0.05) is 28.9 Å². The summed E-state index contributed by atoms with van der Waals surface area (Å²) in [7, 11) is -2.01. The molecule has 3 aromatic rings. The van der Waals surface area contributed by atoms with Crippen LogP contribution in [-0.4, -0.2) is 32.2 Å². The summed E-state index contributed by atoms with van der Waals surface area (Å²) in [6, 6.07) is 10.3. The highest BCUT2D eigenvalue weighted by Crippen LogP contribution is 2.25. The van der Waals surface area contributed by atoms with Gasteiger partial charge in [-0.05, 0) is 24.3 Å². The first kappa shape index (κ1) is 17.9. The van der Waals surface area contributed by atoms with Gasteiger partial charge in [-0.3, -0.25) is 0 Å². The van der Waals surface area contributed by atoms with Crippen LogP contribution >= 0.6 is 22.9 Å². The molecule has 7 nitrogen and oxygen atoms in total. The van der Waals surface area contributed by atoms with Crippen molar-refractivity contribution in [2.24, 2.45) is 0 Å². The maximum atomic E-state index is 12.1. The molecule has 1 aromatic carbocycles. The van der Waals surface area contributed by atoms with Gasteiger partial charge in [0, 0.05) is 18.5 Å². The van der Waals surface area contributed by atoms with Crippen LogP contribution in [-0.2, 0) is 16.4 Å². The highest BCUT2D eigenvalue weighted by Gasteiger charge is 2.17. The second-order valence-electron chi connectivity index (χ2n) is 4.95. The third-order valence-corrected chi connectivity index (χ3v) is 6.42. The maximum Gasteiger partial charge on any atom is 0.250 e. The van der Waals surface area contributed by atoms with Crippen molar-refractivity contribution in [3.63, 3.8) is 0 Å². The number of aromatic nitrogens is 2. The molecule has 2 aromatic heterocycles. The van der Waals surface area contributed by atoms with Gasteiger partial charge >= 0.3 is 0 Å². The van der Waals surface area contributed by atoms with E-state index in [0.717, 1.165) is 16.9 Å². The molecule has 0 saturated carbocycles.